The van der Waals surface area contributed by atoms with Gasteiger partial charge in [-0.25, -0.2) is 0 Å². The van der Waals surface area contributed by atoms with E-state index in [-0.39, 0.29) is 23.1 Å². The Hall–Kier alpha value is -1.84. The summed E-state index contributed by atoms with van der Waals surface area (Å²) < 4.78 is 0. The quantitative estimate of drug-likeness (QED) is 0.865. The Bertz CT molecular complexity index is 513. The molecule has 3 rings (SSSR count). The second kappa shape index (κ2) is 4.37. The van der Waals surface area contributed by atoms with Gasteiger partial charge in [-0.15, -0.1) is 0 Å². The zero-order valence-electron chi connectivity index (χ0n) is 11.0. The average molecular weight is 258 g/mol. The minimum atomic E-state index is -0.326. The van der Waals surface area contributed by atoms with Gasteiger partial charge in [-0.2, -0.15) is 0 Å². The van der Waals surface area contributed by atoms with Crippen LogP contribution in [0, 0.1) is 5.92 Å². The third-order valence-corrected chi connectivity index (χ3v) is 4.06. The van der Waals surface area contributed by atoms with Gasteiger partial charge in [-0.1, -0.05) is 12.1 Å². The third-order valence-electron chi connectivity index (χ3n) is 4.06. The predicted molar refractivity (Wildman–Crippen MR) is 72.8 cm³/mol. The fourth-order valence-corrected chi connectivity index (χ4v) is 2.47. The minimum Gasteiger partial charge on any atom is -0.358 e. The van der Waals surface area contributed by atoms with E-state index < -0.39 is 0 Å². The molecule has 0 heterocycles. The van der Waals surface area contributed by atoms with Crippen LogP contribution in [0.5, 0.6) is 0 Å². The Morgan fingerprint density at radius 3 is 2.26 bits per heavy atom. The van der Waals surface area contributed by atoms with Gasteiger partial charge in [0.2, 0.25) is 11.8 Å². The first kappa shape index (κ1) is 12.2. The summed E-state index contributed by atoms with van der Waals surface area (Å²) in [6, 6.07) is 7.67. The summed E-state index contributed by atoms with van der Waals surface area (Å²) in [7, 11) is 1.67. The number of benzene rings is 1. The largest absolute Gasteiger partial charge is 0.358 e. The zero-order valence-corrected chi connectivity index (χ0v) is 11.0. The van der Waals surface area contributed by atoms with Crippen molar-refractivity contribution in [3.8, 4) is 0 Å². The smallest absolute Gasteiger partial charge is 0.230 e. The Labute approximate surface area is 112 Å². The van der Waals surface area contributed by atoms with Crippen molar-refractivity contribution in [3.05, 3.63) is 29.8 Å². The number of hydrogen-bond donors (Lipinski definition) is 2. The van der Waals surface area contributed by atoms with Crippen molar-refractivity contribution in [1.29, 1.82) is 0 Å². The van der Waals surface area contributed by atoms with Gasteiger partial charge in [0.25, 0.3) is 0 Å². The number of hydrogen-bond acceptors (Lipinski definition) is 2. The number of carbonyl (C=O) groups is 2. The van der Waals surface area contributed by atoms with Crippen LogP contribution in [0.4, 0.5) is 5.69 Å². The number of nitrogens with one attached hydrogen (secondary N) is 2. The monoisotopic (exact) mass is 258 g/mol. The number of amides is 2. The van der Waals surface area contributed by atoms with Crippen molar-refractivity contribution in [2.75, 3.05) is 12.4 Å². The summed E-state index contributed by atoms with van der Waals surface area (Å²) in [4.78, 5) is 23.5. The van der Waals surface area contributed by atoms with Gasteiger partial charge >= 0.3 is 0 Å². The van der Waals surface area contributed by atoms with Gasteiger partial charge in [-0.3, -0.25) is 9.59 Å². The SMILES string of the molecule is CNC(=O)C1(c2ccc(NC(=O)C3CC3)cc2)CC1. The second-order valence-corrected chi connectivity index (χ2v) is 5.50. The molecule has 0 aliphatic heterocycles. The van der Waals surface area contributed by atoms with E-state index in [1.165, 1.54) is 0 Å². The molecule has 0 unspecified atom stereocenters. The number of anilines is 1. The molecule has 100 valence electrons. The Kier molecular flexibility index (Phi) is 2.81. The van der Waals surface area contributed by atoms with Crippen molar-refractivity contribution < 1.29 is 9.59 Å². The number of likely N-dealkylation sites (N-methyl/N-ethyl adjacent to an activating group) is 1. The van der Waals surface area contributed by atoms with Gasteiger partial charge < -0.3 is 10.6 Å². The molecule has 4 nitrogen and oxygen atoms in total. The summed E-state index contributed by atoms with van der Waals surface area (Å²) in [6.45, 7) is 0. The lowest BCUT2D eigenvalue weighted by molar-refractivity contribution is -0.123. The highest BCUT2D eigenvalue weighted by molar-refractivity contribution is 5.94. The van der Waals surface area contributed by atoms with Crippen LogP contribution in [0.25, 0.3) is 0 Å². The molecule has 2 N–H and O–H groups in total. The first-order chi connectivity index (χ1) is 9.15. The first-order valence-corrected chi connectivity index (χ1v) is 6.79. The molecule has 2 aliphatic carbocycles. The highest BCUT2D eigenvalue weighted by Crippen LogP contribution is 2.48. The van der Waals surface area contributed by atoms with E-state index in [4.69, 9.17) is 0 Å². The molecule has 0 aromatic heterocycles. The molecule has 2 fully saturated rings. The maximum atomic E-state index is 11.9. The van der Waals surface area contributed by atoms with Crippen molar-refractivity contribution in [1.82, 2.24) is 5.32 Å². The molecule has 1 aromatic carbocycles. The van der Waals surface area contributed by atoms with Gasteiger partial charge in [-0.05, 0) is 43.4 Å². The first-order valence-electron chi connectivity index (χ1n) is 6.79. The number of carbonyl (C=O) groups excluding carboxylic acids is 2. The predicted octanol–water partition coefficient (Wildman–Crippen LogP) is 1.81. The van der Waals surface area contributed by atoms with Crippen LogP contribution in [0.1, 0.15) is 31.2 Å². The summed E-state index contributed by atoms with van der Waals surface area (Å²) >= 11 is 0. The van der Waals surface area contributed by atoms with Crippen LogP contribution >= 0.6 is 0 Å². The molecule has 0 radical (unpaired) electrons. The summed E-state index contributed by atoms with van der Waals surface area (Å²) in [5, 5.41) is 5.63. The molecular weight excluding hydrogens is 240 g/mol. The van der Waals surface area contributed by atoms with Crippen LogP contribution in [0.15, 0.2) is 24.3 Å². The molecular formula is C15H18N2O2. The average Bonchev–Trinajstić information content (AvgIpc) is 3.31. The lowest BCUT2D eigenvalue weighted by Gasteiger charge is -2.14. The van der Waals surface area contributed by atoms with Crippen molar-refractivity contribution in [2.45, 2.75) is 31.1 Å². The second-order valence-electron chi connectivity index (χ2n) is 5.50. The maximum Gasteiger partial charge on any atom is 0.230 e. The summed E-state index contributed by atoms with van der Waals surface area (Å²) in [6.07, 6.45) is 3.81. The van der Waals surface area contributed by atoms with Crippen LogP contribution in [-0.4, -0.2) is 18.9 Å². The third kappa shape index (κ3) is 2.23. The van der Waals surface area contributed by atoms with Gasteiger partial charge in [0, 0.05) is 18.7 Å². The van der Waals surface area contributed by atoms with Gasteiger partial charge in [0.1, 0.15) is 0 Å². The topological polar surface area (TPSA) is 58.2 Å². The van der Waals surface area contributed by atoms with Crippen molar-refractivity contribution in [3.63, 3.8) is 0 Å². The van der Waals surface area contributed by atoms with Crippen molar-refractivity contribution >= 4 is 17.5 Å². The normalized spacial score (nSPS) is 19.6. The Balaban J connectivity index is 1.72. The van der Waals surface area contributed by atoms with E-state index >= 15 is 0 Å². The van der Waals surface area contributed by atoms with E-state index in [2.05, 4.69) is 10.6 Å². The van der Waals surface area contributed by atoms with Crippen molar-refractivity contribution in [2.24, 2.45) is 5.92 Å². The highest BCUT2D eigenvalue weighted by atomic mass is 16.2. The van der Waals surface area contributed by atoms with E-state index in [1.54, 1.807) is 7.05 Å². The van der Waals surface area contributed by atoms with E-state index in [9.17, 15) is 9.59 Å². The molecule has 2 amide bonds. The van der Waals surface area contributed by atoms with E-state index in [0.29, 0.717) is 0 Å². The molecule has 1 aromatic rings. The highest BCUT2D eigenvalue weighted by Gasteiger charge is 2.50. The molecule has 19 heavy (non-hydrogen) atoms. The van der Waals surface area contributed by atoms with Crippen LogP contribution in [-0.2, 0) is 15.0 Å². The lowest BCUT2D eigenvalue weighted by atomic mass is 9.95. The molecule has 0 bridgehead atoms. The standard InChI is InChI=1S/C15H18N2O2/c1-16-14(19)15(8-9-15)11-4-6-12(7-5-11)17-13(18)10-2-3-10/h4-7,10H,2-3,8-9H2,1H3,(H,16,19)(H,17,18). The fraction of sp³-hybridized carbons (Fsp3) is 0.467. The molecule has 0 atom stereocenters. The van der Waals surface area contributed by atoms with Crippen LogP contribution in [0.3, 0.4) is 0 Å². The van der Waals surface area contributed by atoms with E-state index in [1.807, 2.05) is 24.3 Å². The molecule has 4 heteroatoms. The van der Waals surface area contributed by atoms with Gasteiger partial charge in [0.05, 0.1) is 5.41 Å². The van der Waals surface area contributed by atoms with Crippen LogP contribution in [0.2, 0.25) is 0 Å². The molecule has 2 aliphatic rings. The summed E-state index contributed by atoms with van der Waals surface area (Å²) in [5.41, 5.74) is 1.53. The summed E-state index contributed by atoms with van der Waals surface area (Å²) in [5.74, 6) is 0.405. The Morgan fingerprint density at radius 1 is 1.16 bits per heavy atom. The molecule has 0 spiro atoms. The molecule has 2 saturated carbocycles. The lowest BCUT2D eigenvalue weighted by Crippen LogP contribution is -2.31. The number of rotatable bonds is 4. The fourth-order valence-electron chi connectivity index (χ4n) is 2.47. The van der Waals surface area contributed by atoms with E-state index in [0.717, 1.165) is 36.9 Å². The zero-order chi connectivity index (χ0) is 13.5. The van der Waals surface area contributed by atoms with Crippen LogP contribution < -0.4 is 10.6 Å². The van der Waals surface area contributed by atoms with Gasteiger partial charge in [0.15, 0.2) is 0 Å². The molecule has 0 saturated heterocycles. The maximum absolute atomic E-state index is 11.9. The minimum absolute atomic E-state index is 0.0854. The Morgan fingerprint density at radius 2 is 1.79 bits per heavy atom.